The molecule has 24 heavy (non-hydrogen) atoms. The Balaban J connectivity index is 2.26. The molecule has 0 bridgehead atoms. The highest BCUT2D eigenvalue weighted by molar-refractivity contribution is 5.97. The summed E-state index contributed by atoms with van der Waals surface area (Å²) in [6.07, 6.45) is 3.36. The standard InChI is InChI=1S/C18H16N2O4/c1-3-24-18(23)15-16(21)13-5-4-12(11-6-8-19-9-7-11)10-14(13)20(2)17(15)22/h4-10,22H,3H2,1-2H3. The van der Waals surface area contributed by atoms with Crippen LogP contribution in [-0.2, 0) is 11.8 Å². The number of aryl methyl sites for hydroxylation is 1. The molecular formula is C18H16N2O4. The van der Waals surface area contributed by atoms with Crippen LogP contribution in [0.5, 0.6) is 5.88 Å². The zero-order chi connectivity index (χ0) is 17.3. The first-order valence-corrected chi connectivity index (χ1v) is 7.47. The van der Waals surface area contributed by atoms with Gasteiger partial charge in [0.1, 0.15) is 0 Å². The molecule has 3 aromatic rings. The van der Waals surface area contributed by atoms with E-state index in [4.69, 9.17) is 4.74 Å². The van der Waals surface area contributed by atoms with Crippen LogP contribution in [0.15, 0.2) is 47.5 Å². The topological polar surface area (TPSA) is 81.4 Å². The Bertz CT molecular complexity index is 978. The molecule has 1 aromatic carbocycles. The van der Waals surface area contributed by atoms with Gasteiger partial charge in [-0.2, -0.15) is 0 Å². The van der Waals surface area contributed by atoms with Crippen molar-refractivity contribution in [1.82, 2.24) is 9.55 Å². The summed E-state index contributed by atoms with van der Waals surface area (Å²) in [4.78, 5) is 28.5. The quantitative estimate of drug-likeness (QED) is 0.749. The number of aromatic hydroxyl groups is 1. The molecular weight excluding hydrogens is 308 g/mol. The molecule has 2 aromatic heterocycles. The van der Waals surface area contributed by atoms with Gasteiger partial charge >= 0.3 is 5.97 Å². The lowest BCUT2D eigenvalue weighted by Crippen LogP contribution is -2.20. The number of benzene rings is 1. The van der Waals surface area contributed by atoms with Gasteiger partial charge in [0.2, 0.25) is 11.3 Å². The van der Waals surface area contributed by atoms with Crippen LogP contribution in [0.3, 0.4) is 0 Å². The van der Waals surface area contributed by atoms with E-state index in [9.17, 15) is 14.7 Å². The molecule has 0 amide bonds. The number of rotatable bonds is 3. The van der Waals surface area contributed by atoms with Gasteiger partial charge in [-0.25, -0.2) is 4.79 Å². The van der Waals surface area contributed by atoms with Crippen LogP contribution in [0.25, 0.3) is 22.0 Å². The average molecular weight is 324 g/mol. The molecule has 2 heterocycles. The zero-order valence-electron chi connectivity index (χ0n) is 13.3. The lowest BCUT2D eigenvalue weighted by molar-refractivity contribution is 0.0520. The Morgan fingerprint density at radius 3 is 2.58 bits per heavy atom. The van der Waals surface area contributed by atoms with Crippen molar-refractivity contribution in [3.05, 3.63) is 58.5 Å². The zero-order valence-corrected chi connectivity index (χ0v) is 13.3. The van der Waals surface area contributed by atoms with Crippen molar-refractivity contribution in [3.8, 4) is 17.0 Å². The fraction of sp³-hybridized carbons (Fsp3) is 0.167. The van der Waals surface area contributed by atoms with E-state index >= 15 is 0 Å². The summed E-state index contributed by atoms with van der Waals surface area (Å²) in [6.45, 7) is 1.77. The minimum Gasteiger partial charge on any atom is -0.494 e. The molecule has 0 saturated carbocycles. The first-order valence-electron chi connectivity index (χ1n) is 7.47. The van der Waals surface area contributed by atoms with Crippen molar-refractivity contribution in [3.63, 3.8) is 0 Å². The van der Waals surface area contributed by atoms with E-state index in [1.54, 1.807) is 44.6 Å². The monoisotopic (exact) mass is 324 g/mol. The van der Waals surface area contributed by atoms with Gasteiger partial charge in [-0.3, -0.25) is 9.78 Å². The van der Waals surface area contributed by atoms with Gasteiger partial charge in [0.05, 0.1) is 12.1 Å². The van der Waals surface area contributed by atoms with E-state index in [2.05, 4.69) is 4.98 Å². The molecule has 3 rings (SSSR count). The average Bonchev–Trinajstić information content (AvgIpc) is 2.60. The summed E-state index contributed by atoms with van der Waals surface area (Å²) in [5, 5.41) is 10.6. The number of hydrogen-bond donors (Lipinski definition) is 1. The van der Waals surface area contributed by atoms with Crippen molar-refractivity contribution >= 4 is 16.9 Å². The number of pyridine rings is 2. The van der Waals surface area contributed by atoms with E-state index in [1.165, 1.54) is 4.57 Å². The fourth-order valence-electron chi connectivity index (χ4n) is 2.63. The van der Waals surface area contributed by atoms with Gasteiger partial charge in [0.15, 0.2) is 5.56 Å². The van der Waals surface area contributed by atoms with E-state index in [0.717, 1.165) is 11.1 Å². The number of esters is 1. The highest BCUT2D eigenvalue weighted by atomic mass is 16.5. The third-order valence-corrected chi connectivity index (χ3v) is 3.87. The van der Waals surface area contributed by atoms with Crippen LogP contribution < -0.4 is 5.43 Å². The van der Waals surface area contributed by atoms with Crippen molar-refractivity contribution in [2.75, 3.05) is 6.61 Å². The molecule has 6 nitrogen and oxygen atoms in total. The summed E-state index contributed by atoms with van der Waals surface area (Å²) >= 11 is 0. The van der Waals surface area contributed by atoms with Crippen molar-refractivity contribution in [2.24, 2.45) is 7.05 Å². The number of ether oxygens (including phenoxy) is 1. The van der Waals surface area contributed by atoms with Gasteiger partial charge in [-0.1, -0.05) is 6.07 Å². The predicted molar refractivity (Wildman–Crippen MR) is 90.0 cm³/mol. The molecule has 0 spiro atoms. The highest BCUT2D eigenvalue weighted by Crippen LogP contribution is 2.26. The second kappa shape index (κ2) is 6.16. The van der Waals surface area contributed by atoms with E-state index in [0.29, 0.717) is 10.9 Å². The normalized spacial score (nSPS) is 10.8. The lowest BCUT2D eigenvalue weighted by Gasteiger charge is -2.13. The largest absolute Gasteiger partial charge is 0.494 e. The Morgan fingerprint density at radius 1 is 1.21 bits per heavy atom. The molecule has 0 aliphatic carbocycles. The van der Waals surface area contributed by atoms with Crippen molar-refractivity contribution < 1.29 is 14.6 Å². The van der Waals surface area contributed by atoms with Gasteiger partial charge in [-0.05, 0) is 42.3 Å². The Morgan fingerprint density at radius 2 is 1.92 bits per heavy atom. The van der Waals surface area contributed by atoms with Gasteiger partial charge in [-0.15, -0.1) is 0 Å². The third kappa shape index (κ3) is 2.52. The van der Waals surface area contributed by atoms with Gasteiger partial charge < -0.3 is 14.4 Å². The van der Waals surface area contributed by atoms with E-state index in [1.807, 2.05) is 12.1 Å². The lowest BCUT2D eigenvalue weighted by atomic mass is 10.0. The molecule has 122 valence electrons. The molecule has 6 heteroatoms. The highest BCUT2D eigenvalue weighted by Gasteiger charge is 2.22. The number of aromatic nitrogens is 2. The van der Waals surface area contributed by atoms with Crippen LogP contribution in [0, 0.1) is 0 Å². The SMILES string of the molecule is CCOC(=O)c1c(O)n(C)c2cc(-c3ccncc3)ccc2c1=O. The molecule has 0 saturated heterocycles. The smallest absolute Gasteiger partial charge is 0.347 e. The number of hydrogen-bond acceptors (Lipinski definition) is 5. The number of carbonyl (C=O) groups excluding carboxylic acids is 1. The maximum absolute atomic E-state index is 12.6. The molecule has 1 N–H and O–H groups in total. The summed E-state index contributed by atoms with van der Waals surface area (Å²) in [5.41, 5.74) is 1.46. The van der Waals surface area contributed by atoms with E-state index in [-0.39, 0.29) is 12.2 Å². The van der Waals surface area contributed by atoms with Crippen LogP contribution >= 0.6 is 0 Å². The van der Waals surface area contributed by atoms with Crippen LogP contribution in [0.2, 0.25) is 0 Å². The second-order valence-electron chi connectivity index (χ2n) is 5.28. The molecule has 0 atom stereocenters. The molecule has 0 aliphatic rings. The van der Waals surface area contributed by atoms with Gasteiger partial charge in [0.25, 0.3) is 0 Å². The Hall–Kier alpha value is -3.15. The first kappa shape index (κ1) is 15.7. The summed E-state index contributed by atoms with van der Waals surface area (Å²) in [5.74, 6) is -1.23. The maximum Gasteiger partial charge on any atom is 0.347 e. The predicted octanol–water partition coefficient (Wildman–Crippen LogP) is 2.48. The van der Waals surface area contributed by atoms with Crippen LogP contribution in [0.4, 0.5) is 0 Å². The Labute approximate surface area is 138 Å². The maximum atomic E-state index is 12.6. The number of nitrogens with zero attached hydrogens (tertiary/aromatic N) is 2. The summed E-state index contributed by atoms with van der Waals surface area (Å²) < 4.78 is 6.28. The minimum absolute atomic E-state index is 0.125. The van der Waals surface area contributed by atoms with Crippen LogP contribution in [0.1, 0.15) is 17.3 Å². The fourth-order valence-corrected chi connectivity index (χ4v) is 2.63. The van der Waals surface area contributed by atoms with Crippen molar-refractivity contribution in [2.45, 2.75) is 6.92 Å². The van der Waals surface area contributed by atoms with Gasteiger partial charge in [0, 0.05) is 24.8 Å². The molecule has 0 aliphatic heterocycles. The molecule has 0 fully saturated rings. The Kier molecular flexibility index (Phi) is 4.04. The van der Waals surface area contributed by atoms with Crippen molar-refractivity contribution in [1.29, 1.82) is 0 Å². The van der Waals surface area contributed by atoms with Crippen LogP contribution in [-0.4, -0.2) is 27.2 Å². The number of carbonyl (C=O) groups is 1. The molecule has 0 unspecified atom stereocenters. The van der Waals surface area contributed by atoms with E-state index < -0.39 is 17.3 Å². The number of fused-ring (bicyclic) bond motifs is 1. The summed E-state index contributed by atoms with van der Waals surface area (Å²) in [7, 11) is 1.59. The molecule has 0 radical (unpaired) electrons. The first-order chi connectivity index (χ1) is 11.5. The summed E-state index contributed by atoms with van der Waals surface area (Å²) in [6, 6.07) is 8.94. The second-order valence-corrected chi connectivity index (χ2v) is 5.28. The third-order valence-electron chi connectivity index (χ3n) is 3.87. The minimum atomic E-state index is -0.823.